The fraction of sp³-hybridized carbons (Fsp3) is 0.346. The predicted molar refractivity (Wildman–Crippen MR) is 251 cm³/mol. The maximum absolute atomic E-state index is 13.7. The van der Waals surface area contributed by atoms with Crippen molar-refractivity contribution >= 4 is 54.3 Å². The molecule has 0 saturated heterocycles. The summed E-state index contributed by atoms with van der Waals surface area (Å²) in [6.45, 7) is 12.4. The van der Waals surface area contributed by atoms with Crippen LogP contribution in [0.1, 0.15) is 75.8 Å². The number of ketones is 2. The lowest BCUT2D eigenvalue weighted by molar-refractivity contribution is -0.121. The van der Waals surface area contributed by atoms with Crippen LogP contribution >= 0.6 is 0 Å². The van der Waals surface area contributed by atoms with Crippen LogP contribution in [0.15, 0.2) is 114 Å². The van der Waals surface area contributed by atoms with Gasteiger partial charge in [-0.05, 0) is 80.8 Å². The Kier molecular flexibility index (Phi) is 13.3. The van der Waals surface area contributed by atoms with Gasteiger partial charge in [-0.2, -0.15) is 0 Å². The summed E-state index contributed by atoms with van der Waals surface area (Å²) < 4.78 is 40.0. The third-order valence-corrected chi connectivity index (χ3v) is 12.9. The summed E-state index contributed by atoms with van der Waals surface area (Å²) in [4.78, 5) is 31.0. The molecule has 61 heavy (non-hydrogen) atoms. The van der Waals surface area contributed by atoms with E-state index in [0.29, 0.717) is 36.1 Å². The number of benzene rings is 6. The van der Waals surface area contributed by atoms with E-state index in [-0.39, 0.29) is 28.1 Å². The first kappa shape index (κ1) is 44.9. The van der Waals surface area contributed by atoms with Crippen LogP contribution in [0.25, 0.3) is 21.5 Å². The van der Waals surface area contributed by atoms with Crippen LogP contribution in [-0.2, 0) is 43.1 Å². The maximum atomic E-state index is 13.7. The van der Waals surface area contributed by atoms with Gasteiger partial charge in [0.1, 0.15) is 30.5 Å². The molecule has 6 aromatic rings. The molecule has 9 heteroatoms. The third kappa shape index (κ3) is 10.6. The Morgan fingerprint density at radius 1 is 0.541 bits per heavy atom. The van der Waals surface area contributed by atoms with Crippen molar-refractivity contribution in [2.24, 2.45) is 0 Å². The van der Waals surface area contributed by atoms with Crippen LogP contribution in [-0.4, -0.2) is 67.1 Å². The van der Waals surface area contributed by atoms with Crippen molar-refractivity contribution in [3.8, 4) is 11.5 Å². The monoisotopic (exact) mass is 840 g/mol. The summed E-state index contributed by atoms with van der Waals surface area (Å²) >= 11 is 0. The number of Topliss-reactive ketones (excluding diaryl/α,β-unsaturated/α-hetero) is 2. The van der Waals surface area contributed by atoms with Gasteiger partial charge in [-0.1, -0.05) is 120 Å². The second-order valence-electron chi connectivity index (χ2n) is 18.4. The van der Waals surface area contributed by atoms with Crippen molar-refractivity contribution in [1.82, 2.24) is 0 Å². The van der Waals surface area contributed by atoms with Gasteiger partial charge in [-0.15, -0.1) is 0 Å². The molecule has 0 radical (unpaired) electrons. The molecule has 8 nitrogen and oxygen atoms in total. The number of nitrogens with zero attached hydrogens (tertiary/aromatic N) is 2. The third-order valence-electron chi connectivity index (χ3n) is 11.2. The van der Waals surface area contributed by atoms with Crippen molar-refractivity contribution < 1.29 is 27.5 Å². The first-order valence-corrected chi connectivity index (χ1v) is 22.5. The lowest BCUT2D eigenvalue weighted by Gasteiger charge is -2.24. The molecule has 0 fully saturated rings. The molecule has 0 saturated carbocycles. The minimum Gasteiger partial charge on any atom is -0.486 e. The van der Waals surface area contributed by atoms with E-state index in [1.807, 2.05) is 81.6 Å². The maximum Gasteiger partial charge on any atom is 0.186 e. The van der Waals surface area contributed by atoms with E-state index in [9.17, 15) is 18.0 Å². The number of carbonyl (C=O) groups is 2. The summed E-state index contributed by atoms with van der Waals surface area (Å²) in [5.41, 5.74) is 6.70. The quantitative estimate of drug-likeness (QED) is 0.0951. The summed E-state index contributed by atoms with van der Waals surface area (Å²) in [6, 6.07) is 35.2. The molecule has 0 bridgehead atoms. The van der Waals surface area contributed by atoms with Gasteiger partial charge in [0.05, 0.1) is 4.90 Å². The summed E-state index contributed by atoms with van der Waals surface area (Å²) in [5, 5.41) is 3.67. The lowest BCUT2D eigenvalue weighted by atomic mass is 9.83. The van der Waals surface area contributed by atoms with Crippen molar-refractivity contribution in [3.63, 3.8) is 0 Å². The molecule has 0 atom stereocenters. The van der Waals surface area contributed by atoms with Crippen LogP contribution in [0.3, 0.4) is 0 Å². The molecule has 6 rings (SSSR count). The molecule has 6 aromatic carbocycles. The van der Waals surface area contributed by atoms with Crippen molar-refractivity contribution in [1.29, 1.82) is 0 Å². The van der Waals surface area contributed by atoms with E-state index >= 15 is 0 Å². The Balaban J connectivity index is 1.21. The highest BCUT2D eigenvalue weighted by Gasteiger charge is 2.25. The van der Waals surface area contributed by atoms with Gasteiger partial charge in [0.2, 0.25) is 0 Å². The number of hydrogen-bond acceptors (Lipinski definition) is 8. The first-order chi connectivity index (χ1) is 28.7. The molecule has 0 N–H and O–H groups in total. The van der Waals surface area contributed by atoms with E-state index in [1.165, 1.54) is 0 Å². The van der Waals surface area contributed by atoms with Gasteiger partial charge in [-0.25, -0.2) is 8.42 Å². The second kappa shape index (κ2) is 18.1. The summed E-state index contributed by atoms with van der Waals surface area (Å²) in [7, 11) is 3.90. The Bertz CT molecular complexity index is 2690. The molecule has 320 valence electrons. The molecule has 0 amide bonds. The molecule has 0 unspecified atom stereocenters. The number of anilines is 2. The minimum atomic E-state index is -3.98. The zero-order chi connectivity index (χ0) is 44.3. The fourth-order valence-electron chi connectivity index (χ4n) is 7.74. The predicted octanol–water partition coefficient (Wildman–Crippen LogP) is 10.3. The van der Waals surface area contributed by atoms with E-state index in [4.69, 9.17) is 9.47 Å². The zero-order valence-corrected chi connectivity index (χ0v) is 38.2. The Labute approximate surface area is 362 Å². The van der Waals surface area contributed by atoms with E-state index in [1.54, 1.807) is 18.2 Å². The number of hydrogen-bond donors (Lipinski definition) is 0. The highest BCUT2D eigenvalue weighted by Crippen LogP contribution is 2.35. The Morgan fingerprint density at radius 2 is 1.00 bits per heavy atom. The van der Waals surface area contributed by atoms with Gasteiger partial charge in [0, 0.05) is 68.6 Å². The summed E-state index contributed by atoms with van der Waals surface area (Å²) in [5.74, 6) is -0.157. The van der Waals surface area contributed by atoms with E-state index in [2.05, 4.69) is 88.9 Å². The van der Waals surface area contributed by atoms with Gasteiger partial charge in [-0.3, -0.25) is 9.59 Å². The standard InChI is InChI=1S/C52H60N2O6S/c1-51(2,3)38-24-27-48(59-32-40(55)26-23-35-15-11-17-43-42(35)16-12-20-46(43)53(7)8)36(30-38)29-37-31-39(52(4,5)6)25-28-49(37)60-33-41(56)34-61(57,58)50-22-14-18-44-45(50)19-13-21-47(44)54(9)10/h11-22,24-25,27-28,30-31H,23,26,29,32-34H2,1-10H3. The first-order valence-electron chi connectivity index (χ1n) is 20.9. The van der Waals surface area contributed by atoms with Crippen molar-refractivity contribution in [2.45, 2.75) is 76.5 Å². The summed E-state index contributed by atoms with van der Waals surface area (Å²) in [6.07, 6.45) is 1.34. The zero-order valence-electron chi connectivity index (χ0n) is 37.4. The normalized spacial score (nSPS) is 12.1. The molecular weight excluding hydrogens is 781 g/mol. The van der Waals surface area contributed by atoms with Crippen molar-refractivity contribution in [3.05, 3.63) is 137 Å². The van der Waals surface area contributed by atoms with Crippen molar-refractivity contribution in [2.75, 3.05) is 57.0 Å². The number of aryl methyl sites for hydroxylation is 1. The minimum absolute atomic E-state index is 0.000437. The topological polar surface area (TPSA) is 93.2 Å². The molecule has 0 aliphatic heterocycles. The Hall–Kier alpha value is -5.67. The molecule has 0 aliphatic rings. The molecule has 0 aromatic heterocycles. The van der Waals surface area contributed by atoms with E-state index < -0.39 is 28.0 Å². The smallest absolute Gasteiger partial charge is 0.186 e. The average molecular weight is 841 g/mol. The van der Waals surface area contributed by atoms with Crippen LogP contribution < -0.4 is 19.3 Å². The van der Waals surface area contributed by atoms with Gasteiger partial charge in [0.25, 0.3) is 0 Å². The van der Waals surface area contributed by atoms with Crippen LogP contribution in [0.5, 0.6) is 11.5 Å². The van der Waals surface area contributed by atoms with Gasteiger partial charge < -0.3 is 19.3 Å². The van der Waals surface area contributed by atoms with Crippen LogP contribution in [0.4, 0.5) is 11.4 Å². The highest BCUT2D eigenvalue weighted by atomic mass is 32.2. The fourth-order valence-corrected chi connectivity index (χ4v) is 9.20. The second-order valence-corrected chi connectivity index (χ2v) is 20.4. The van der Waals surface area contributed by atoms with Gasteiger partial charge >= 0.3 is 0 Å². The highest BCUT2D eigenvalue weighted by molar-refractivity contribution is 7.92. The SMILES string of the molecule is CN(C)c1cccc2c(CCC(=O)COc3ccc(C(C)(C)C)cc3Cc3cc(C(C)(C)C)ccc3OCC(=O)CS(=O)(=O)c3cccc4c(N(C)C)cccc34)cccc12. The van der Waals surface area contributed by atoms with Crippen LogP contribution in [0.2, 0.25) is 0 Å². The number of rotatable bonds is 16. The number of ether oxygens (including phenoxy) is 2. The number of sulfone groups is 1. The molecular formula is C52H60N2O6S. The average Bonchev–Trinajstić information content (AvgIpc) is 3.20. The largest absolute Gasteiger partial charge is 0.486 e. The lowest BCUT2D eigenvalue weighted by Crippen LogP contribution is -2.23. The number of carbonyl (C=O) groups excluding carboxylic acids is 2. The molecule has 0 heterocycles. The number of fused-ring (bicyclic) bond motifs is 2. The molecule has 0 spiro atoms. The van der Waals surface area contributed by atoms with Crippen LogP contribution in [0, 0.1) is 0 Å². The molecule has 0 aliphatic carbocycles. The Morgan fingerprint density at radius 3 is 1.52 bits per heavy atom. The van der Waals surface area contributed by atoms with Gasteiger partial charge in [0.15, 0.2) is 21.4 Å². The van der Waals surface area contributed by atoms with E-state index in [0.717, 1.165) is 55.4 Å².